The Balaban J connectivity index is 1.20. The molecule has 1 aliphatic rings. The first-order chi connectivity index (χ1) is 22.4. The molecule has 46 heavy (non-hydrogen) atoms. The molecule has 1 heterocycles. The Labute approximate surface area is 271 Å². The molecular formula is C45H35N. The maximum Gasteiger partial charge on any atom is 0.0737 e. The molecule has 0 atom stereocenters. The average Bonchev–Trinajstić information content (AvgIpc) is 3.33. The van der Waals surface area contributed by atoms with Crippen LogP contribution in [0.1, 0.15) is 41.7 Å². The zero-order valence-corrected chi connectivity index (χ0v) is 26.5. The first-order valence-corrected chi connectivity index (χ1v) is 16.0. The van der Waals surface area contributed by atoms with Crippen LogP contribution in [0.15, 0.2) is 146 Å². The lowest BCUT2D eigenvalue weighted by molar-refractivity contribution is 0.660. The number of aromatic nitrogens is 1. The summed E-state index contributed by atoms with van der Waals surface area (Å²) in [5, 5.41) is 3.60. The molecular weight excluding hydrogens is 555 g/mol. The van der Waals surface area contributed by atoms with Crippen molar-refractivity contribution in [3.63, 3.8) is 0 Å². The fourth-order valence-corrected chi connectivity index (χ4v) is 7.31. The second-order valence-corrected chi connectivity index (χ2v) is 12.9. The molecule has 8 rings (SSSR count). The first kappa shape index (κ1) is 28.0. The number of aryl methyl sites for hydroxylation is 1. The van der Waals surface area contributed by atoms with E-state index in [1.807, 2.05) is 12.3 Å². The molecule has 0 bridgehead atoms. The van der Waals surface area contributed by atoms with E-state index in [2.05, 4.69) is 161 Å². The number of hydrogen-bond acceptors (Lipinski definition) is 1. The van der Waals surface area contributed by atoms with Crippen LogP contribution >= 0.6 is 0 Å². The van der Waals surface area contributed by atoms with Gasteiger partial charge in [0.2, 0.25) is 0 Å². The topological polar surface area (TPSA) is 12.9 Å². The molecule has 0 radical (unpaired) electrons. The van der Waals surface area contributed by atoms with E-state index < -0.39 is 0 Å². The molecule has 0 N–H and O–H groups in total. The summed E-state index contributed by atoms with van der Waals surface area (Å²) in [6.45, 7) is 11.0. The fourth-order valence-electron chi connectivity index (χ4n) is 7.31. The van der Waals surface area contributed by atoms with Crippen molar-refractivity contribution in [1.29, 1.82) is 0 Å². The van der Waals surface area contributed by atoms with E-state index in [0.717, 1.165) is 27.6 Å². The Hall–Kier alpha value is -5.53. The van der Waals surface area contributed by atoms with Gasteiger partial charge in [-0.1, -0.05) is 130 Å². The molecule has 1 heteroatoms. The molecule has 1 nitrogen and oxygen atoms in total. The van der Waals surface area contributed by atoms with Gasteiger partial charge < -0.3 is 0 Å². The van der Waals surface area contributed by atoms with Crippen LogP contribution in [0.3, 0.4) is 0 Å². The van der Waals surface area contributed by atoms with Crippen LogP contribution in [-0.4, -0.2) is 4.98 Å². The average molecular weight is 590 g/mol. The summed E-state index contributed by atoms with van der Waals surface area (Å²) in [4.78, 5) is 5.07. The Bertz CT molecular complexity index is 2350. The highest BCUT2D eigenvalue weighted by Crippen LogP contribution is 2.49. The van der Waals surface area contributed by atoms with Crippen molar-refractivity contribution >= 4 is 33.3 Å². The maximum atomic E-state index is 5.07. The van der Waals surface area contributed by atoms with Crippen LogP contribution in [0, 0.1) is 6.92 Å². The lowest BCUT2D eigenvalue weighted by Crippen LogP contribution is -2.15. The van der Waals surface area contributed by atoms with Gasteiger partial charge >= 0.3 is 0 Å². The van der Waals surface area contributed by atoms with Crippen LogP contribution in [-0.2, 0) is 5.41 Å². The van der Waals surface area contributed by atoms with E-state index in [-0.39, 0.29) is 5.41 Å². The van der Waals surface area contributed by atoms with Crippen molar-refractivity contribution in [2.45, 2.75) is 26.2 Å². The molecule has 0 amide bonds. The molecule has 0 fully saturated rings. The van der Waals surface area contributed by atoms with Crippen LogP contribution < -0.4 is 0 Å². The summed E-state index contributed by atoms with van der Waals surface area (Å²) in [5.41, 5.74) is 15.8. The monoisotopic (exact) mass is 589 g/mol. The fraction of sp³-hybridized carbons (Fsp3) is 0.0889. The van der Waals surface area contributed by atoms with Crippen molar-refractivity contribution in [3.05, 3.63) is 174 Å². The van der Waals surface area contributed by atoms with E-state index in [0.29, 0.717) is 0 Å². The number of hydrogen-bond donors (Lipinski definition) is 0. The van der Waals surface area contributed by atoms with Crippen LogP contribution in [0.4, 0.5) is 0 Å². The quantitative estimate of drug-likeness (QED) is 0.144. The van der Waals surface area contributed by atoms with Gasteiger partial charge in [-0.05, 0) is 109 Å². The van der Waals surface area contributed by atoms with Gasteiger partial charge in [-0.15, -0.1) is 0 Å². The van der Waals surface area contributed by atoms with Gasteiger partial charge in [0.15, 0.2) is 0 Å². The zero-order valence-electron chi connectivity index (χ0n) is 26.5. The third-order valence-corrected chi connectivity index (χ3v) is 9.88. The van der Waals surface area contributed by atoms with Crippen molar-refractivity contribution in [2.24, 2.45) is 0 Å². The van der Waals surface area contributed by atoms with Gasteiger partial charge in [0.05, 0.1) is 5.52 Å². The molecule has 0 unspecified atom stereocenters. The van der Waals surface area contributed by atoms with Crippen molar-refractivity contribution in [3.8, 4) is 33.4 Å². The van der Waals surface area contributed by atoms with Gasteiger partial charge in [0, 0.05) is 22.6 Å². The maximum absolute atomic E-state index is 5.07. The van der Waals surface area contributed by atoms with E-state index in [4.69, 9.17) is 4.98 Å². The van der Waals surface area contributed by atoms with E-state index in [9.17, 15) is 0 Å². The van der Waals surface area contributed by atoms with Crippen molar-refractivity contribution in [2.75, 3.05) is 0 Å². The third kappa shape index (κ3) is 4.51. The minimum absolute atomic E-state index is 0.0415. The number of pyridine rings is 1. The lowest BCUT2D eigenvalue weighted by atomic mass is 9.81. The molecule has 1 aliphatic carbocycles. The number of nitrogens with zero attached hydrogens (tertiary/aromatic N) is 1. The summed E-state index contributed by atoms with van der Waals surface area (Å²) >= 11 is 0. The predicted molar refractivity (Wildman–Crippen MR) is 197 cm³/mol. The normalized spacial score (nSPS) is 13.5. The predicted octanol–water partition coefficient (Wildman–Crippen LogP) is 12.1. The Morgan fingerprint density at radius 2 is 1.28 bits per heavy atom. The molecule has 0 aliphatic heterocycles. The molecule has 6 aromatic carbocycles. The van der Waals surface area contributed by atoms with Gasteiger partial charge in [-0.3, -0.25) is 4.98 Å². The van der Waals surface area contributed by atoms with Gasteiger partial charge in [-0.2, -0.15) is 0 Å². The molecule has 220 valence electrons. The second kappa shape index (κ2) is 10.8. The number of rotatable bonds is 5. The van der Waals surface area contributed by atoms with Gasteiger partial charge in [-0.25, -0.2) is 0 Å². The Morgan fingerprint density at radius 3 is 2.04 bits per heavy atom. The Morgan fingerprint density at radius 1 is 0.609 bits per heavy atom. The molecule has 0 saturated carbocycles. The minimum Gasteiger partial charge on any atom is -0.255 e. The van der Waals surface area contributed by atoms with E-state index >= 15 is 0 Å². The summed E-state index contributed by atoms with van der Waals surface area (Å²) in [6, 6.07) is 46.2. The standard InChI is InChI=1S/C45H35N/c1-5-30(35-21-22-39-38-17-11-12-18-42(38)45(3,4)43(39)27-35)23-32-19-20-36-24-37(28-46-44(36)29(32)2)41-26-34-16-10-9-15-33(34)25-40(41)31-13-7-6-8-14-31/h5-28H,1H2,2-4H3/b30-23+. The number of allylic oxidation sites excluding steroid dienone is 2. The molecule has 1 aromatic heterocycles. The largest absolute Gasteiger partial charge is 0.255 e. The highest BCUT2D eigenvalue weighted by Gasteiger charge is 2.35. The van der Waals surface area contributed by atoms with Crippen molar-refractivity contribution in [1.82, 2.24) is 4.98 Å². The van der Waals surface area contributed by atoms with Crippen LogP contribution in [0.2, 0.25) is 0 Å². The Kier molecular flexibility index (Phi) is 6.58. The first-order valence-electron chi connectivity index (χ1n) is 16.0. The van der Waals surface area contributed by atoms with Gasteiger partial charge in [0.1, 0.15) is 0 Å². The molecule has 0 saturated heterocycles. The second-order valence-electron chi connectivity index (χ2n) is 12.9. The minimum atomic E-state index is -0.0415. The smallest absolute Gasteiger partial charge is 0.0737 e. The zero-order chi connectivity index (χ0) is 31.4. The van der Waals surface area contributed by atoms with E-state index in [1.54, 1.807) is 0 Å². The van der Waals surface area contributed by atoms with Crippen LogP contribution in [0.5, 0.6) is 0 Å². The summed E-state index contributed by atoms with van der Waals surface area (Å²) in [6.07, 6.45) is 6.26. The molecule has 0 spiro atoms. The highest BCUT2D eigenvalue weighted by atomic mass is 14.7. The number of benzene rings is 6. The lowest BCUT2D eigenvalue weighted by Gasteiger charge is -2.22. The molecule has 7 aromatic rings. The van der Waals surface area contributed by atoms with Crippen LogP contribution in [0.25, 0.3) is 66.7 Å². The van der Waals surface area contributed by atoms with E-state index in [1.165, 1.54) is 60.8 Å². The number of fused-ring (bicyclic) bond motifs is 5. The summed E-state index contributed by atoms with van der Waals surface area (Å²) in [7, 11) is 0. The van der Waals surface area contributed by atoms with Crippen molar-refractivity contribution < 1.29 is 0 Å². The highest BCUT2D eigenvalue weighted by molar-refractivity contribution is 5.99. The third-order valence-electron chi connectivity index (χ3n) is 9.88. The van der Waals surface area contributed by atoms with Gasteiger partial charge in [0.25, 0.3) is 0 Å². The summed E-state index contributed by atoms with van der Waals surface area (Å²) < 4.78 is 0. The SMILES string of the molecule is C=C/C(=C\c1ccc2cc(-c3cc4ccccc4cc3-c3ccccc3)cnc2c1C)c1ccc2c(c1)C(C)(C)c1ccccc1-2. The summed E-state index contributed by atoms with van der Waals surface area (Å²) in [5.74, 6) is 0.